The summed E-state index contributed by atoms with van der Waals surface area (Å²) in [6.45, 7) is 1.58. The highest BCUT2D eigenvalue weighted by Gasteiger charge is 2.64. The molecule has 0 aliphatic heterocycles. The Morgan fingerprint density at radius 2 is 2.00 bits per heavy atom. The third-order valence-corrected chi connectivity index (χ3v) is 2.46. The van der Waals surface area contributed by atoms with Gasteiger partial charge >= 0.3 is 0 Å². The standard InChI is InChI=1S/C5H7BrF2/c1-3-4(2-6)5(3,7)8/h3-4H,2H2,1H3/t3-,4-/m0/s1. The van der Waals surface area contributed by atoms with Crippen LogP contribution in [0.5, 0.6) is 0 Å². The van der Waals surface area contributed by atoms with Crippen LogP contribution in [0.3, 0.4) is 0 Å². The smallest absolute Gasteiger partial charge is 0.206 e. The molecular weight excluding hydrogens is 178 g/mol. The summed E-state index contributed by atoms with van der Waals surface area (Å²) in [4.78, 5) is 0. The molecule has 0 nitrogen and oxygen atoms in total. The summed E-state index contributed by atoms with van der Waals surface area (Å²) < 4.78 is 24.3. The summed E-state index contributed by atoms with van der Waals surface area (Å²) in [5, 5.41) is 0.432. The van der Waals surface area contributed by atoms with Crippen LogP contribution in [-0.2, 0) is 0 Å². The van der Waals surface area contributed by atoms with Gasteiger partial charge in [0.15, 0.2) is 0 Å². The van der Waals surface area contributed by atoms with Crippen LogP contribution >= 0.6 is 15.9 Å². The average molecular weight is 185 g/mol. The van der Waals surface area contributed by atoms with Crippen LogP contribution in [0.25, 0.3) is 0 Å². The van der Waals surface area contributed by atoms with Crippen LogP contribution in [-0.4, -0.2) is 11.3 Å². The molecule has 1 aliphatic carbocycles. The SMILES string of the molecule is C[C@H]1[C@H](CBr)C1(F)F. The van der Waals surface area contributed by atoms with Gasteiger partial charge < -0.3 is 0 Å². The molecule has 1 saturated carbocycles. The van der Waals surface area contributed by atoms with Crippen LogP contribution in [0.2, 0.25) is 0 Å². The van der Waals surface area contributed by atoms with E-state index in [9.17, 15) is 8.78 Å². The monoisotopic (exact) mass is 184 g/mol. The van der Waals surface area contributed by atoms with Crippen molar-refractivity contribution in [2.45, 2.75) is 12.8 Å². The van der Waals surface area contributed by atoms with Gasteiger partial charge in [-0.2, -0.15) is 0 Å². The van der Waals surface area contributed by atoms with Gasteiger partial charge in [0.25, 0.3) is 5.92 Å². The third-order valence-electron chi connectivity index (χ3n) is 1.76. The van der Waals surface area contributed by atoms with Gasteiger partial charge in [-0.1, -0.05) is 22.9 Å². The third kappa shape index (κ3) is 0.677. The zero-order chi connectivity index (χ0) is 6.36. The number of rotatable bonds is 1. The maximum absolute atomic E-state index is 12.2. The summed E-state index contributed by atoms with van der Waals surface area (Å²) in [5.74, 6) is -3.17. The van der Waals surface area contributed by atoms with Gasteiger partial charge in [0.1, 0.15) is 0 Å². The number of hydrogen-bond acceptors (Lipinski definition) is 0. The highest BCUT2D eigenvalue weighted by atomic mass is 79.9. The van der Waals surface area contributed by atoms with Crippen LogP contribution in [0.15, 0.2) is 0 Å². The molecule has 0 N–H and O–H groups in total. The molecule has 0 amide bonds. The predicted molar refractivity (Wildman–Crippen MR) is 31.4 cm³/mol. The molecule has 0 radical (unpaired) electrons. The van der Waals surface area contributed by atoms with Gasteiger partial charge in [-0.3, -0.25) is 0 Å². The van der Waals surface area contributed by atoms with Crippen molar-refractivity contribution in [1.29, 1.82) is 0 Å². The quantitative estimate of drug-likeness (QED) is 0.549. The van der Waals surface area contributed by atoms with E-state index in [1.807, 2.05) is 0 Å². The first-order valence-electron chi connectivity index (χ1n) is 2.54. The Balaban J connectivity index is 2.45. The molecule has 2 atom stereocenters. The van der Waals surface area contributed by atoms with Gasteiger partial charge in [0, 0.05) is 17.2 Å². The Labute approximate surface area is 55.4 Å². The molecule has 8 heavy (non-hydrogen) atoms. The molecular formula is C5H7BrF2. The number of hydrogen-bond donors (Lipinski definition) is 0. The molecule has 0 bridgehead atoms. The molecule has 0 aromatic rings. The lowest BCUT2D eigenvalue weighted by molar-refractivity contribution is 0.0900. The second-order valence-corrected chi connectivity index (χ2v) is 2.87. The predicted octanol–water partition coefficient (Wildman–Crippen LogP) is 2.28. The zero-order valence-corrected chi connectivity index (χ0v) is 6.08. The van der Waals surface area contributed by atoms with E-state index in [-0.39, 0.29) is 0 Å². The first kappa shape index (κ1) is 6.46. The van der Waals surface area contributed by atoms with E-state index in [4.69, 9.17) is 0 Å². The van der Waals surface area contributed by atoms with Crippen molar-refractivity contribution in [3.63, 3.8) is 0 Å². The summed E-state index contributed by atoms with van der Waals surface area (Å²) >= 11 is 3.01. The molecule has 3 heteroatoms. The maximum Gasteiger partial charge on any atom is 0.255 e. The van der Waals surface area contributed by atoms with Crippen LogP contribution in [0, 0.1) is 11.8 Å². The summed E-state index contributed by atoms with van der Waals surface area (Å²) in [5.41, 5.74) is 0. The first-order valence-corrected chi connectivity index (χ1v) is 3.66. The summed E-state index contributed by atoms with van der Waals surface area (Å²) in [7, 11) is 0. The lowest BCUT2D eigenvalue weighted by Crippen LogP contribution is -1.93. The Hall–Kier alpha value is 0.340. The van der Waals surface area contributed by atoms with Crippen LogP contribution in [0.1, 0.15) is 6.92 Å². The van der Waals surface area contributed by atoms with Crippen molar-refractivity contribution in [2.24, 2.45) is 11.8 Å². The van der Waals surface area contributed by atoms with Crippen molar-refractivity contribution in [1.82, 2.24) is 0 Å². The van der Waals surface area contributed by atoms with Crippen molar-refractivity contribution in [3.8, 4) is 0 Å². The Morgan fingerprint density at radius 3 is 2.00 bits per heavy atom. The highest BCUT2D eigenvalue weighted by molar-refractivity contribution is 9.09. The van der Waals surface area contributed by atoms with Crippen molar-refractivity contribution >= 4 is 15.9 Å². The van der Waals surface area contributed by atoms with Gasteiger partial charge in [-0.05, 0) is 0 Å². The van der Waals surface area contributed by atoms with E-state index >= 15 is 0 Å². The fourth-order valence-corrected chi connectivity index (χ4v) is 1.79. The van der Waals surface area contributed by atoms with E-state index in [1.54, 1.807) is 6.92 Å². The van der Waals surface area contributed by atoms with Crippen molar-refractivity contribution in [3.05, 3.63) is 0 Å². The lowest BCUT2D eigenvalue weighted by Gasteiger charge is -1.86. The molecule has 0 heterocycles. The molecule has 48 valence electrons. The summed E-state index contributed by atoms with van der Waals surface area (Å²) in [6, 6.07) is 0. The Bertz CT molecular complexity index is 103. The molecule has 0 spiro atoms. The Kier molecular flexibility index (Phi) is 1.34. The van der Waals surface area contributed by atoms with E-state index in [0.717, 1.165) is 0 Å². The fraction of sp³-hybridized carbons (Fsp3) is 1.00. The van der Waals surface area contributed by atoms with Crippen molar-refractivity contribution < 1.29 is 8.78 Å². The Morgan fingerprint density at radius 1 is 1.62 bits per heavy atom. The number of alkyl halides is 3. The summed E-state index contributed by atoms with van der Waals surface area (Å²) in [6.07, 6.45) is 0. The van der Waals surface area contributed by atoms with E-state index in [1.165, 1.54) is 0 Å². The average Bonchev–Trinajstić information content (AvgIpc) is 2.09. The molecule has 0 unspecified atom stereocenters. The molecule has 0 aromatic carbocycles. The minimum atomic E-state index is -2.37. The molecule has 1 rings (SSSR count). The van der Waals surface area contributed by atoms with Crippen LogP contribution < -0.4 is 0 Å². The van der Waals surface area contributed by atoms with Crippen LogP contribution in [0.4, 0.5) is 8.78 Å². The van der Waals surface area contributed by atoms with E-state index < -0.39 is 17.8 Å². The first-order chi connectivity index (χ1) is 3.60. The lowest BCUT2D eigenvalue weighted by atomic mass is 10.4. The molecule has 0 saturated heterocycles. The fourth-order valence-electron chi connectivity index (χ4n) is 0.797. The number of halogens is 3. The topological polar surface area (TPSA) is 0 Å². The zero-order valence-electron chi connectivity index (χ0n) is 4.50. The van der Waals surface area contributed by atoms with E-state index in [2.05, 4.69) is 15.9 Å². The van der Waals surface area contributed by atoms with Gasteiger partial charge in [0.05, 0.1) is 0 Å². The minimum absolute atomic E-state index is 0.400. The van der Waals surface area contributed by atoms with Gasteiger partial charge in [0.2, 0.25) is 0 Å². The largest absolute Gasteiger partial charge is 0.255 e. The maximum atomic E-state index is 12.2. The highest BCUT2D eigenvalue weighted by Crippen LogP contribution is 2.55. The molecule has 1 aliphatic rings. The van der Waals surface area contributed by atoms with Crippen molar-refractivity contribution in [2.75, 3.05) is 5.33 Å². The minimum Gasteiger partial charge on any atom is -0.206 e. The normalized spacial score (nSPS) is 42.0. The second-order valence-electron chi connectivity index (χ2n) is 2.22. The molecule has 0 aromatic heterocycles. The van der Waals surface area contributed by atoms with E-state index in [0.29, 0.717) is 5.33 Å². The second kappa shape index (κ2) is 1.66. The van der Waals surface area contributed by atoms with Gasteiger partial charge in [-0.25, -0.2) is 8.78 Å². The van der Waals surface area contributed by atoms with Gasteiger partial charge in [-0.15, -0.1) is 0 Å². The molecule has 1 fully saturated rings.